The lowest BCUT2D eigenvalue weighted by molar-refractivity contribution is -0.113. The molecule has 8 nitrogen and oxygen atoms in total. The zero-order valence-corrected chi connectivity index (χ0v) is 17.8. The Labute approximate surface area is 181 Å². The van der Waals surface area contributed by atoms with Crippen molar-refractivity contribution in [2.75, 3.05) is 26.2 Å². The van der Waals surface area contributed by atoms with E-state index < -0.39 is 17.6 Å². The average Bonchev–Trinajstić information content (AvgIpc) is 3.00. The monoisotopic (exact) mass is 447 g/mol. The highest BCUT2D eigenvalue weighted by atomic mass is 32.2. The molecule has 156 valence electrons. The van der Waals surface area contributed by atoms with E-state index in [-0.39, 0.29) is 15.6 Å². The Kier molecular flexibility index (Phi) is 6.18. The van der Waals surface area contributed by atoms with Crippen LogP contribution in [0.2, 0.25) is 0 Å². The smallest absolute Gasteiger partial charge is 0.339 e. The van der Waals surface area contributed by atoms with Crippen molar-refractivity contribution in [1.82, 2.24) is 0 Å². The number of anilines is 1. The van der Waals surface area contributed by atoms with Crippen molar-refractivity contribution >= 4 is 51.9 Å². The Morgan fingerprint density at radius 2 is 1.73 bits per heavy atom. The molecule has 2 N–H and O–H groups in total. The summed E-state index contributed by atoms with van der Waals surface area (Å²) in [5, 5.41) is 18.9. The summed E-state index contributed by atoms with van der Waals surface area (Å²) in [5.74, 6) is -0.834. The Morgan fingerprint density at radius 3 is 2.27 bits per heavy atom. The predicted octanol–water partition coefficient (Wildman–Crippen LogP) is 3.52. The molecule has 3 rings (SSSR count). The van der Waals surface area contributed by atoms with E-state index in [1.165, 1.54) is 44.4 Å². The van der Waals surface area contributed by atoms with Crippen LogP contribution in [0, 0.1) is 0 Å². The molecule has 1 aliphatic rings. The fourth-order valence-electron chi connectivity index (χ4n) is 2.86. The molecular formula is C20H17NO7S2. The molecule has 1 amide bonds. The summed E-state index contributed by atoms with van der Waals surface area (Å²) in [6.45, 7) is 0. The van der Waals surface area contributed by atoms with Crippen molar-refractivity contribution in [3.8, 4) is 23.0 Å². The number of hydrogen-bond acceptors (Lipinski definition) is 8. The molecule has 0 spiro atoms. The number of hydrogen-bond donors (Lipinski definition) is 2. The zero-order chi connectivity index (χ0) is 22.0. The molecule has 2 aromatic rings. The number of nitrogens with zero attached hydrogens (tertiary/aromatic N) is 1. The highest BCUT2D eigenvalue weighted by Gasteiger charge is 2.34. The molecule has 30 heavy (non-hydrogen) atoms. The molecule has 0 radical (unpaired) electrons. The summed E-state index contributed by atoms with van der Waals surface area (Å²) in [6, 6.07) is 7.22. The maximum Gasteiger partial charge on any atom is 0.339 e. The number of thioether (sulfide) groups is 1. The van der Waals surface area contributed by atoms with Crippen molar-refractivity contribution < 1.29 is 34.0 Å². The van der Waals surface area contributed by atoms with Gasteiger partial charge in [0.2, 0.25) is 5.75 Å². The highest BCUT2D eigenvalue weighted by molar-refractivity contribution is 8.27. The van der Waals surface area contributed by atoms with E-state index in [9.17, 15) is 19.8 Å². The largest absolute Gasteiger partial charge is 0.507 e. The summed E-state index contributed by atoms with van der Waals surface area (Å²) in [4.78, 5) is 25.8. The normalized spacial score (nSPS) is 14.9. The van der Waals surface area contributed by atoms with Crippen molar-refractivity contribution in [1.29, 1.82) is 0 Å². The number of amides is 1. The number of aromatic hydroxyl groups is 1. The third-order valence-corrected chi connectivity index (χ3v) is 5.55. The molecule has 0 unspecified atom stereocenters. The second kappa shape index (κ2) is 8.64. The van der Waals surface area contributed by atoms with E-state index in [1.807, 2.05) is 0 Å². The SMILES string of the molecule is COc1cc(/C=C2\SC(=S)N(c3ccc(O)c(C(=O)O)c3)C2=O)cc(OC)c1OC. The molecule has 0 saturated carbocycles. The minimum Gasteiger partial charge on any atom is -0.507 e. The van der Waals surface area contributed by atoms with E-state index >= 15 is 0 Å². The summed E-state index contributed by atoms with van der Waals surface area (Å²) in [7, 11) is 4.48. The Hall–Kier alpha value is -3.24. The van der Waals surface area contributed by atoms with E-state index in [1.54, 1.807) is 18.2 Å². The van der Waals surface area contributed by atoms with E-state index in [4.69, 9.17) is 26.4 Å². The van der Waals surface area contributed by atoms with Crippen molar-refractivity contribution in [3.63, 3.8) is 0 Å². The minimum atomic E-state index is -1.31. The summed E-state index contributed by atoms with van der Waals surface area (Å²) in [6.07, 6.45) is 1.63. The third kappa shape index (κ3) is 3.91. The van der Waals surface area contributed by atoms with E-state index in [0.717, 1.165) is 11.8 Å². The van der Waals surface area contributed by atoms with Crippen molar-refractivity contribution in [2.24, 2.45) is 0 Å². The predicted molar refractivity (Wildman–Crippen MR) is 117 cm³/mol. The third-order valence-electron chi connectivity index (χ3n) is 4.25. The van der Waals surface area contributed by atoms with E-state index in [0.29, 0.717) is 27.7 Å². The summed E-state index contributed by atoms with van der Waals surface area (Å²) < 4.78 is 16.2. The van der Waals surface area contributed by atoms with Gasteiger partial charge in [0.15, 0.2) is 15.8 Å². The van der Waals surface area contributed by atoms with Gasteiger partial charge in [-0.3, -0.25) is 9.69 Å². The van der Waals surface area contributed by atoms with Crippen molar-refractivity contribution in [2.45, 2.75) is 0 Å². The first-order valence-electron chi connectivity index (χ1n) is 8.45. The molecule has 0 atom stereocenters. The molecular weight excluding hydrogens is 430 g/mol. The molecule has 0 aliphatic carbocycles. The van der Waals surface area contributed by atoms with Crippen LogP contribution in [0.4, 0.5) is 5.69 Å². The first-order valence-corrected chi connectivity index (χ1v) is 9.67. The van der Waals surface area contributed by atoms with Gasteiger partial charge in [0, 0.05) is 0 Å². The van der Waals surface area contributed by atoms with E-state index in [2.05, 4.69) is 0 Å². The average molecular weight is 447 g/mol. The molecule has 0 aromatic heterocycles. The van der Waals surface area contributed by atoms with Gasteiger partial charge in [-0.25, -0.2) is 4.79 Å². The van der Waals surface area contributed by atoms with Gasteiger partial charge in [-0.15, -0.1) is 0 Å². The number of carboxylic acid groups (broad SMARTS) is 1. The maximum atomic E-state index is 13.0. The van der Waals surface area contributed by atoms with Gasteiger partial charge < -0.3 is 24.4 Å². The summed E-state index contributed by atoms with van der Waals surface area (Å²) in [5.41, 5.74) is 0.554. The Morgan fingerprint density at radius 1 is 1.10 bits per heavy atom. The van der Waals surface area contributed by atoms with Gasteiger partial charge in [0.25, 0.3) is 5.91 Å². The van der Waals surface area contributed by atoms with Gasteiger partial charge in [-0.1, -0.05) is 24.0 Å². The van der Waals surface area contributed by atoms with Gasteiger partial charge in [-0.2, -0.15) is 0 Å². The van der Waals surface area contributed by atoms with Gasteiger partial charge in [-0.05, 0) is 42.0 Å². The van der Waals surface area contributed by atoms with Gasteiger partial charge in [0.05, 0.1) is 31.9 Å². The number of carbonyl (C=O) groups excluding carboxylic acids is 1. The number of thiocarbonyl (C=S) groups is 1. The standard InChI is InChI=1S/C20H17NO7S2/c1-26-14-6-10(7-15(27-2)17(14)28-3)8-16-18(23)21(20(29)30-16)11-4-5-13(22)12(9-11)19(24)25/h4-9,22H,1-3H3,(H,24,25)/b16-8-. The van der Waals surface area contributed by atoms with Crippen LogP contribution in [0.15, 0.2) is 35.2 Å². The number of methoxy groups -OCH3 is 3. The first kappa shape index (κ1) is 21.5. The Bertz CT molecular complexity index is 1060. The van der Waals surface area contributed by atoms with Crippen LogP contribution in [-0.4, -0.2) is 47.7 Å². The quantitative estimate of drug-likeness (QED) is 0.508. The molecule has 1 heterocycles. The number of benzene rings is 2. The second-order valence-electron chi connectivity index (χ2n) is 5.98. The van der Waals surface area contributed by atoms with Crippen LogP contribution in [-0.2, 0) is 4.79 Å². The Balaban J connectivity index is 2.00. The second-order valence-corrected chi connectivity index (χ2v) is 7.66. The minimum absolute atomic E-state index is 0.237. The number of aromatic carboxylic acids is 1. The number of carboxylic acids is 1. The van der Waals surface area contributed by atoms with Crippen LogP contribution in [0.5, 0.6) is 23.0 Å². The lowest BCUT2D eigenvalue weighted by Gasteiger charge is -2.15. The molecule has 0 bridgehead atoms. The van der Waals surface area contributed by atoms with Gasteiger partial charge >= 0.3 is 5.97 Å². The lowest BCUT2D eigenvalue weighted by Crippen LogP contribution is -2.27. The fraction of sp³-hybridized carbons (Fsp3) is 0.150. The first-order chi connectivity index (χ1) is 14.3. The molecule has 2 aromatic carbocycles. The maximum absolute atomic E-state index is 13.0. The molecule has 1 aliphatic heterocycles. The fourth-order valence-corrected chi connectivity index (χ4v) is 4.16. The lowest BCUT2D eigenvalue weighted by atomic mass is 10.1. The number of carbonyl (C=O) groups is 2. The summed E-state index contributed by atoms with van der Waals surface area (Å²) >= 11 is 6.39. The topological polar surface area (TPSA) is 106 Å². The zero-order valence-electron chi connectivity index (χ0n) is 16.2. The van der Waals surface area contributed by atoms with Crippen molar-refractivity contribution in [3.05, 3.63) is 46.4 Å². The number of ether oxygens (including phenoxy) is 3. The molecule has 10 heteroatoms. The number of rotatable bonds is 6. The number of phenols is 1. The highest BCUT2D eigenvalue weighted by Crippen LogP contribution is 2.41. The van der Waals surface area contributed by atoms with Crippen LogP contribution < -0.4 is 19.1 Å². The van der Waals surface area contributed by atoms with Crippen LogP contribution in [0.3, 0.4) is 0 Å². The van der Waals surface area contributed by atoms with Crippen LogP contribution in [0.25, 0.3) is 6.08 Å². The molecule has 1 fully saturated rings. The van der Waals surface area contributed by atoms with Crippen LogP contribution in [0.1, 0.15) is 15.9 Å². The van der Waals surface area contributed by atoms with Crippen LogP contribution >= 0.6 is 24.0 Å². The van der Waals surface area contributed by atoms with Gasteiger partial charge in [0.1, 0.15) is 11.3 Å². The molecule has 1 saturated heterocycles.